The quantitative estimate of drug-likeness (QED) is 0.420. The van der Waals surface area contributed by atoms with E-state index in [0.717, 1.165) is 0 Å². The lowest BCUT2D eigenvalue weighted by Gasteiger charge is -2.16. The smallest absolute Gasteiger partial charge is 0.324 e. The summed E-state index contributed by atoms with van der Waals surface area (Å²) in [7, 11) is 0. The van der Waals surface area contributed by atoms with Crippen LogP contribution in [0.2, 0.25) is 0 Å². The molecule has 0 saturated heterocycles. The van der Waals surface area contributed by atoms with Crippen molar-refractivity contribution in [3.63, 3.8) is 0 Å². The summed E-state index contributed by atoms with van der Waals surface area (Å²) in [5, 5.41) is 2.11. The highest BCUT2D eigenvalue weighted by Gasteiger charge is 2.40. The van der Waals surface area contributed by atoms with Gasteiger partial charge in [-0.3, -0.25) is 5.43 Å². The molecule has 0 radical (unpaired) electrons. The minimum atomic E-state index is -4.12. The van der Waals surface area contributed by atoms with Gasteiger partial charge in [-0.15, -0.1) is 0 Å². The number of nitrogen functional groups attached to an aromatic ring is 1. The van der Waals surface area contributed by atoms with Gasteiger partial charge in [-0.2, -0.15) is 13.8 Å². The van der Waals surface area contributed by atoms with E-state index in [1.54, 1.807) is 6.92 Å². The minimum Gasteiger partial charge on any atom is -0.364 e. The fourth-order valence-electron chi connectivity index (χ4n) is 1.01. The van der Waals surface area contributed by atoms with Crippen molar-refractivity contribution in [2.75, 3.05) is 17.3 Å². The molecule has 9 heteroatoms. The van der Waals surface area contributed by atoms with E-state index in [-0.39, 0.29) is 11.8 Å². The molecule has 17 heavy (non-hydrogen) atoms. The first kappa shape index (κ1) is 13.4. The summed E-state index contributed by atoms with van der Waals surface area (Å²) in [4.78, 5) is 7.49. The van der Waals surface area contributed by atoms with Crippen LogP contribution in [-0.2, 0) is 0 Å². The maximum absolute atomic E-state index is 12.6. The van der Waals surface area contributed by atoms with E-state index in [1.807, 2.05) is 0 Å². The average molecular weight is 253 g/mol. The predicted molar refractivity (Wildman–Crippen MR) is 54.0 cm³/mol. The van der Waals surface area contributed by atoms with Gasteiger partial charge >= 0.3 is 12.3 Å². The van der Waals surface area contributed by atoms with E-state index in [4.69, 9.17) is 5.84 Å². The van der Waals surface area contributed by atoms with Gasteiger partial charge in [0.05, 0.1) is 6.54 Å². The summed E-state index contributed by atoms with van der Waals surface area (Å²) in [6, 6.07) is 1.34. The van der Waals surface area contributed by atoms with E-state index >= 15 is 0 Å². The van der Waals surface area contributed by atoms with E-state index in [2.05, 4.69) is 20.7 Å². The van der Waals surface area contributed by atoms with Crippen molar-refractivity contribution in [3.8, 4) is 0 Å². The lowest BCUT2D eigenvalue weighted by atomic mass is 10.3. The molecule has 0 bridgehead atoms. The molecule has 1 aromatic heterocycles. The minimum absolute atomic E-state index is 0.00728. The maximum Gasteiger partial charge on any atom is 0.324 e. The van der Waals surface area contributed by atoms with Gasteiger partial charge in [-0.25, -0.2) is 19.6 Å². The van der Waals surface area contributed by atoms with Gasteiger partial charge in [0.15, 0.2) is 0 Å². The molecule has 0 aromatic carbocycles. The Bertz CT molecular complexity index is 384. The molecule has 0 saturated carbocycles. The van der Waals surface area contributed by atoms with Crippen molar-refractivity contribution in [3.05, 3.63) is 11.8 Å². The van der Waals surface area contributed by atoms with Crippen molar-refractivity contribution >= 4 is 11.8 Å². The summed E-state index contributed by atoms with van der Waals surface area (Å²) in [5.74, 6) is 0.930. The number of anilines is 2. The van der Waals surface area contributed by atoms with Crippen LogP contribution in [0.25, 0.3) is 0 Å². The fourth-order valence-corrected chi connectivity index (χ4v) is 1.01. The predicted octanol–water partition coefficient (Wildman–Crippen LogP) is 1.38. The Morgan fingerprint density at radius 3 is 2.59 bits per heavy atom. The molecular formula is C8H11F4N5. The van der Waals surface area contributed by atoms with Crippen molar-refractivity contribution in [1.29, 1.82) is 0 Å². The number of alkyl halides is 4. The lowest BCUT2D eigenvalue weighted by molar-refractivity contribution is -0.117. The molecule has 1 aromatic rings. The van der Waals surface area contributed by atoms with Crippen molar-refractivity contribution in [2.45, 2.75) is 19.3 Å². The van der Waals surface area contributed by atoms with Crippen molar-refractivity contribution in [2.24, 2.45) is 5.84 Å². The summed E-state index contributed by atoms with van der Waals surface area (Å²) in [6.45, 7) is 0.365. The second-order valence-electron chi connectivity index (χ2n) is 3.28. The number of hydrogen-bond donors (Lipinski definition) is 3. The zero-order valence-corrected chi connectivity index (χ0v) is 8.85. The topological polar surface area (TPSA) is 75.9 Å². The van der Waals surface area contributed by atoms with Gasteiger partial charge in [0.2, 0.25) is 5.95 Å². The summed E-state index contributed by atoms with van der Waals surface area (Å²) in [5.41, 5.74) is 2.58. The molecule has 0 unspecified atom stereocenters. The van der Waals surface area contributed by atoms with Crippen LogP contribution in [-0.4, -0.2) is 28.9 Å². The number of nitrogens with one attached hydrogen (secondary N) is 2. The Hall–Kier alpha value is -1.64. The molecule has 1 rings (SSSR count). The third-order valence-electron chi connectivity index (χ3n) is 1.81. The molecule has 0 spiro atoms. The van der Waals surface area contributed by atoms with Gasteiger partial charge < -0.3 is 5.32 Å². The van der Waals surface area contributed by atoms with Crippen LogP contribution < -0.4 is 16.6 Å². The van der Waals surface area contributed by atoms with Crippen LogP contribution >= 0.6 is 0 Å². The van der Waals surface area contributed by atoms with Crippen LogP contribution in [0.4, 0.5) is 29.3 Å². The maximum atomic E-state index is 12.6. The van der Waals surface area contributed by atoms with Crippen LogP contribution in [0.3, 0.4) is 0 Å². The lowest BCUT2D eigenvalue weighted by Crippen LogP contribution is -2.35. The molecule has 96 valence electrons. The van der Waals surface area contributed by atoms with Gasteiger partial charge in [0, 0.05) is 11.8 Å². The largest absolute Gasteiger partial charge is 0.364 e. The zero-order valence-electron chi connectivity index (χ0n) is 8.85. The average Bonchev–Trinajstić information content (AvgIpc) is 2.25. The Morgan fingerprint density at radius 2 is 2.06 bits per heavy atom. The number of aromatic nitrogens is 2. The van der Waals surface area contributed by atoms with Gasteiger partial charge in [0.1, 0.15) is 5.82 Å². The normalized spacial score (nSPS) is 11.7. The third kappa shape index (κ3) is 3.70. The highest BCUT2D eigenvalue weighted by atomic mass is 19.3. The zero-order chi connectivity index (χ0) is 13.1. The Kier molecular flexibility index (Phi) is 4.05. The summed E-state index contributed by atoms with van der Waals surface area (Å²) in [6.07, 6.45) is -3.73. The molecule has 0 aliphatic rings. The number of rotatable bonds is 5. The number of hydrazine groups is 1. The summed E-state index contributed by atoms with van der Waals surface area (Å²) >= 11 is 0. The highest BCUT2D eigenvalue weighted by molar-refractivity contribution is 5.41. The van der Waals surface area contributed by atoms with Gasteiger partial charge in [-0.05, 0) is 6.92 Å². The van der Waals surface area contributed by atoms with E-state index in [1.165, 1.54) is 6.07 Å². The number of hydrogen-bond acceptors (Lipinski definition) is 5. The highest BCUT2D eigenvalue weighted by Crippen LogP contribution is 2.23. The molecule has 0 fully saturated rings. The fraction of sp³-hybridized carbons (Fsp3) is 0.500. The first-order valence-corrected chi connectivity index (χ1v) is 4.57. The van der Waals surface area contributed by atoms with E-state index in [0.29, 0.717) is 5.69 Å². The molecule has 0 atom stereocenters. The monoisotopic (exact) mass is 253 g/mol. The van der Waals surface area contributed by atoms with Crippen LogP contribution in [0.5, 0.6) is 0 Å². The van der Waals surface area contributed by atoms with E-state index in [9.17, 15) is 17.6 Å². The molecule has 0 aliphatic carbocycles. The molecule has 4 N–H and O–H groups in total. The molecule has 5 nitrogen and oxygen atoms in total. The Balaban J connectivity index is 2.72. The standard InChI is InChI=1S/C8H11F4N5/c1-4-2-5(16-7(15-4)17-13)14-3-8(11,12)6(9)10/h2,6H,3,13H2,1H3,(H2,14,15,16,17). The van der Waals surface area contributed by atoms with Crippen LogP contribution in [0.15, 0.2) is 6.07 Å². The van der Waals surface area contributed by atoms with Gasteiger partial charge in [0.25, 0.3) is 0 Å². The summed E-state index contributed by atoms with van der Waals surface area (Å²) < 4.78 is 49.0. The number of aryl methyl sites for hydroxylation is 1. The van der Waals surface area contributed by atoms with Crippen molar-refractivity contribution in [1.82, 2.24) is 9.97 Å². The molecular weight excluding hydrogens is 242 g/mol. The number of halogens is 4. The molecule has 0 aliphatic heterocycles. The van der Waals surface area contributed by atoms with Crippen LogP contribution in [0.1, 0.15) is 5.69 Å². The SMILES string of the molecule is Cc1cc(NCC(F)(F)C(F)F)nc(NN)n1. The molecule has 1 heterocycles. The van der Waals surface area contributed by atoms with E-state index < -0.39 is 18.9 Å². The first-order chi connectivity index (χ1) is 7.85. The second kappa shape index (κ2) is 5.13. The Morgan fingerprint density at radius 1 is 1.41 bits per heavy atom. The van der Waals surface area contributed by atoms with Gasteiger partial charge in [-0.1, -0.05) is 0 Å². The number of nitrogens with zero attached hydrogens (tertiary/aromatic N) is 2. The third-order valence-corrected chi connectivity index (χ3v) is 1.81. The van der Waals surface area contributed by atoms with Crippen LogP contribution in [0, 0.1) is 6.92 Å². The first-order valence-electron chi connectivity index (χ1n) is 4.57. The van der Waals surface area contributed by atoms with Crippen molar-refractivity contribution < 1.29 is 17.6 Å². The second-order valence-corrected chi connectivity index (χ2v) is 3.28. The number of nitrogens with two attached hydrogens (primary N) is 1. The Labute approximate surface area is 94.4 Å². The molecule has 0 amide bonds.